The van der Waals surface area contributed by atoms with E-state index in [4.69, 9.17) is 11.6 Å². The van der Waals surface area contributed by atoms with Crippen molar-refractivity contribution in [3.63, 3.8) is 0 Å². The molecule has 0 saturated carbocycles. The van der Waals surface area contributed by atoms with E-state index in [0.29, 0.717) is 17.3 Å². The van der Waals surface area contributed by atoms with Crippen LogP contribution in [0.2, 0.25) is 0 Å². The first-order valence-corrected chi connectivity index (χ1v) is 4.31. The molecule has 0 spiro atoms. The van der Waals surface area contributed by atoms with E-state index in [9.17, 15) is 4.21 Å². The van der Waals surface area contributed by atoms with Crippen LogP contribution in [-0.2, 0) is 11.0 Å². The molecule has 0 amide bonds. The van der Waals surface area contributed by atoms with Crippen LogP contribution in [0.25, 0.3) is 0 Å². The fraction of sp³-hybridized carbons (Fsp3) is 0.600. The summed E-state index contributed by atoms with van der Waals surface area (Å²) >= 11 is 5.39. The Morgan fingerprint density at radius 2 is 2.44 bits per heavy atom. The minimum absolute atomic E-state index is 0.419. The van der Waals surface area contributed by atoms with Crippen LogP contribution in [0.4, 0.5) is 0 Å². The van der Waals surface area contributed by atoms with Gasteiger partial charge in [-0.05, 0) is 0 Å². The highest BCUT2D eigenvalue weighted by molar-refractivity contribution is 7.82. The van der Waals surface area contributed by atoms with E-state index in [1.54, 1.807) is 0 Å². The summed E-state index contributed by atoms with van der Waals surface area (Å²) in [5.74, 6) is 0.601. The van der Waals surface area contributed by atoms with Gasteiger partial charge in [0.05, 0.1) is 11.0 Å². The Morgan fingerprint density at radius 1 is 1.89 bits per heavy atom. The first-order valence-electron chi connectivity index (χ1n) is 2.62. The number of hydrogen-bond donors (Lipinski definition) is 1. The van der Waals surface area contributed by atoms with Gasteiger partial charge in [0.15, 0.2) is 0 Å². The zero-order chi connectivity index (χ0) is 7.28. The van der Waals surface area contributed by atoms with Crippen molar-refractivity contribution in [3.8, 4) is 0 Å². The van der Waals surface area contributed by atoms with E-state index in [1.165, 1.54) is 0 Å². The molecule has 1 N–H and O–H groups in total. The molecule has 0 bridgehead atoms. The summed E-state index contributed by atoms with van der Waals surface area (Å²) in [6.07, 6.45) is 0. The summed E-state index contributed by atoms with van der Waals surface area (Å²) in [6.45, 7) is 5.68. The molecular weight excluding hydrogens is 158 g/mol. The highest BCUT2D eigenvalue weighted by atomic mass is 35.5. The van der Waals surface area contributed by atoms with Crippen molar-refractivity contribution < 1.29 is 4.21 Å². The van der Waals surface area contributed by atoms with E-state index in [1.807, 2.05) is 6.92 Å². The normalized spacial score (nSPS) is 13.1. The molecule has 0 aromatic heterocycles. The molecule has 0 saturated heterocycles. The molecule has 1 unspecified atom stereocenters. The SMILES string of the molecule is C=C(Cl)CNS(=O)CC. The monoisotopic (exact) mass is 167 g/mol. The lowest BCUT2D eigenvalue weighted by Crippen LogP contribution is -2.19. The Kier molecular flexibility index (Phi) is 5.04. The fourth-order valence-electron chi connectivity index (χ4n) is 0.261. The fourth-order valence-corrected chi connectivity index (χ4v) is 0.946. The minimum Gasteiger partial charge on any atom is -0.243 e. The second-order valence-electron chi connectivity index (χ2n) is 1.47. The van der Waals surface area contributed by atoms with Crippen molar-refractivity contribution in [2.24, 2.45) is 0 Å². The molecule has 0 heterocycles. The van der Waals surface area contributed by atoms with Gasteiger partial charge in [-0.1, -0.05) is 25.1 Å². The van der Waals surface area contributed by atoms with Gasteiger partial charge in [0, 0.05) is 17.3 Å². The lowest BCUT2D eigenvalue weighted by molar-refractivity contribution is 0.676. The molecule has 0 fully saturated rings. The van der Waals surface area contributed by atoms with Crippen LogP contribution >= 0.6 is 11.6 Å². The average molecular weight is 168 g/mol. The number of rotatable bonds is 4. The maximum absolute atomic E-state index is 10.6. The third-order valence-corrected chi connectivity index (χ3v) is 1.81. The Morgan fingerprint density at radius 3 is 2.78 bits per heavy atom. The van der Waals surface area contributed by atoms with Crippen LogP contribution in [-0.4, -0.2) is 16.5 Å². The van der Waals surface area contributed by atoms with E-state index in [-0.39, 0.29) is 0 Å². The summed E-state index contributed by atoms with van der Waals surface area (Å²) in [5.41, 5.74) is 0. The van der Waals surface area contributed by atoms with Gasteiger partial charge in [-0.2, -0.15) is 0 Å². The molecule has 1 atom stereocenters. The number of nitrogens with one attached hydrogen (secondary N) is 1. The molecule has 4 heteroatoms. The standard InChI is InChI=1S/C5H10ClNOS/c1-3-9(8)7-4-5(2)6/h7H,2-4H2,1H3. The largest absolute Gasteiger partial charge is 0.243 e. The third kappa shape index (κ3) is 6.02. The maximum Gasteiger partial charge on any atom is 0.0915 e. The Balaban J connectivity index is 3.28. The lowest BCUT2D eigenvalue weighted by atomic mass is 10.7. The molecule has 0 aliphatic heterocycles. The van der Waals surface area contributed by atoms with Crippen LogP contribution in [0.5, 0.6) is 0 Å². The molecule has 0 radical (unpaired) electrons. The van der Waals surface area contributed by atoms with Gasteiger partial charge < -0.3 is 0 Å². The Labute approximate surface area is 62.9 Å². The summed E-state index contributed by atoms with van der Waals surface area (Å²) in [7, 11) is -0.943. The van der Waals surface area contributed by atoms with Gasteiger partial charge in [-0.15, -0.1) is 0 Å². The number of halogens is 1. The predicted octanol–water partition coefficient (Wildman–Crippen LogP) is 1.01. The molecule has 0 aliphatic carbocycles. The summed E-state index contributed by atoms with van der Waals surface area (Å²) < 4.78 is 13.3. The quantitative estimate of drug-likeness (QED) is 0.666. The first kappa shape index (κ1) is 9.14. The molecular formula is C5H10ClNOS. The average Bonchev–Trinajstić information content (AvgIpc) is 1.83. The minimum atomic E-state index is -0.943. The van der Waals surface area contributed by atoms with Gasteiger partial charge in [-0.3, -0.25) is 0 Å². The zero-order valence-corrected chi connectivity index (χ0v) is 6.89. The first-order chi connectivity index (χ1) is 4.16. The van der Waals surface area contributed by atoms with Crippen molar-refractivity contribution in [1.82, 2.24) is 4.72 Å². The van der Waals surface area contributed by atoms with Crippen LogP contribution in [0.3, 0.4) is 0 Å². The molecule has 0 aromatic rings. The summed E-state index contributed by atoms with van der Waals surface area (Å²) in [5, 5.41) is 0.483. The van der Waals surface area contributed by atoms with Gasteiger partial charge in [-0.25, -0.2) is 8.93 Å². The summed E-state index contributed by atoms with van der Waals surface area (Å²) in [6, 6.07) is 0. The zero-order valence-electron chi connectivity index (χ0n) is 5.32. The molecule has 0 rings (SSSR count). The van der Waals surface area contributed by atoms with Crippen molar-refractivity contribution in [2.45, 2.75) is 6.92 Å². The lowest BCUT2D eigenvalue weighted by Gasteiger charge is -1.97. The highest BCUT2D eigenvalue weighted by Crippen LogP contribution is 1.92. The van der Waals surface area contributed by atoms with E-state index in [0.717, 1.165) is 0 Å². The van der Waals surface area contributed by atoms with Gasteiger partial charge in [0.1, 0.15) is 0 Å². The molecule has 0 aliphatic rings. The molecule has 9 heavy (non-hydrogen) atoms. The Hall–Kier alpha value is 0.140. The molecule has 0 aromatic carbocycles. The van der Waals surface area contributed by atoms with Crippen LogP contribution in [0.1, 0.15) is 6.92 Å². The van der Waals surface area contributed by atoms with Gasteiger partial charge in [0.25, 0.3) is 0 Å². The van der Waals surface area contributed by atoms with E-state index >= 15 is 0 Å². The summed E-state index contributed by atoms with van der Waals surface area (Å²) in [4.78, 5) is 0. The smallest absolute Gasteiger partial charge is 0.0915 e. The van der Waals surface area contributed by atoms with Crippen molar-refractivity contribution in [3.05, 3.63) is 11.6 Å². The topological polar surface area (TPSA) is 29.1 Å². The van der Waals surface area contributed by atoms with Crippen LogP contribution in [0.15, 0.2) is 11.6 Å². The second kappa shape index (κ2) is 4.97. The molecule has 54 valence electrons. The van der Waals surface area contributed by atoms with Crippen molar-refractivity contribution >= 4 is 22.6 Å². The van der Waals surface area contributed by atoms with Crippen LogP contribution in [0, 0.1) is 0 Å². The number of hydrogen-bond acceptors (Lipinski definition) is 1. The molecule has 2 nitrogen and oxygen atoms in total. The van der Waals surface area contributed by atoms with E-state index in [2.05, 4.69) is 11.3 Å². The van der Waals surface area contributed by atoms with Crippen LogP contribution < -0.4 is 4.72 Å². The highest BCUT2D eigenvalue weighted by Gasteiger charge is 1.92. The maximum atomic E-state index is 10.6. The van der Waals surface area contributed by atoms with Gasteiger partial charge >= 0.3 is 0 Å². The van der Waals surface area contributed by atoms with Crippen molar-refractivity contribution in [2.75, 3.05) is 12.3 Å². The third-order valence-electron chi connectivity index (χ3n) is 0.687. The Bertz CT molecular complexity index is 126. The van der Waals surface area contributed by atoms with Gasteiger partial charge in [0.2, 0.25) is 0 Å². The second-order valence-corrected chi connectivity index (χ2v) is 3.56. The predicted molar refractivity (Wildman–Crippen MR) is 41.7 cm³/mol. The van der Waals surface area contributed by atoms with E-state index < -0.39 is 11.0 Å². The van der Waals surface area contributed by atoms with Crippen molar-refractivity contribution in [1.29, 1.82) is 0 Å².